The molecule has 0 bridgehead atoms. The van der Waals surface area contributed by atoms with Crippen LogP contribution in [-0.4, -0.2) is 6.61 Å². The van der Waals surface area contributed by atoms with E-state index in [1.54, 1.807) is 0 Å². The number of halogens is 1. The van der Waals surface area contributed by atoms with E-state index >= 15 is 0 Å². The lowest BCUT2D eigenvalue weighted by Crippen LogP contribution is -2.09. The van der Waals surface area contributed by atoms with Gasteiger partial charge in [0, 0.05) is 10.9 Å². The van der Waals surface area contributed by atoms with E-state index in [1.165, 1.54) is 0 Å². The van der Waals surface area contributed by atoms with Crippen LogP contribution in [0, 0.1) is 0 Å². The maximum Gasteiger partial charge on any atom is 0.319 e. The summed E-state index contributed by atoms with van der Waals surface area (Å²) in [6.07, 6.45) is 0.643. The van der Waals surface area contributed by atoms with Gasteiger partial charge in [-0.1, -0.05) is 34.1 Å². The summed E-state index contributed by atoms with van der Waals surface area (Å²) in [7, 11) is -2.28. The molecular formula is C9H10BrO3P. The summed E-state index contributed by atoms with van der Waals surface area (Å²) in [6, 6.07) is 7.80. The van der Waals surface area contributed by atoms with Crippen LogP contribution in [0.5, 0.6) is 0 Å². The molecule has 0 spiro atoms. The van der Waals surface area contributed by atoms with Crippen molar-refractivity contribution in [1.82, 2.24) is 0 Å². The highest BCUT2D eigenvalue weighted by atomic mass is 79.9. The molecule has 1 heterocycles. The smallest absolute Gasteiger partial charge is 0.311 e. The first kappa shape index (κ1) is 10.4. The summed E-state index contributed by atoms with van der Waals surface area (Å²) in [5.41, 5.74) is 1.04. The van der Waals surface area contributed by atoms with Crippen LogP contribution in [0.3, 0.4) is 0 Å². The van der Waals surface area contributed by atoms with Gasteiger partial charge < -0.3 is 9.05 Å². The number of hydrogen-bond donors (Lipinski definition) is 0. The normalized spacial score (nSPS) is 27.5. The summed E-state index contributed by atoms with van der Waals surface area (Å²) >= 11 is 3.44. The third kappa shape index (κ3) is 2.26. The maximum atomic E-state index is 11.1. The maximum absolute atomic E-state index is 11.1. The van der Waals surface area contributed by atoms with Gasteiger partial charge in [0.05, 0.1) is 12.7 Å². The second-order valence-corrected chi connectivity index (χ2v) is 4.89. The molecule has 0 aliphatic carbocycles. The molecule has 0 aromatic heterocycles. The third-order valence-electron chi connectivity index (χ3n) is 2.09. The molecule has 2 atom stereocenters. The molecule has 0 saturated carbocycles. The lowest BCUT2D eigenvalue weighted by Gasteiger charge is -2.23. The van der Waals surface area contributed by atoms with Crippen molar-refractivity contribution in [1.29, 1.82) is 0 Å². The summed E-state index contributed by atoms with van der Waals surface area (Å²) < 4.78 is 22.2. The fourth-order valence-electron chi connectivity index (χ4n) is 1.41. The highest BCUT2D eigenvalue weighted by molar-refractivity contribution is 9.10. The van der Waals surface area contributed by atoms with E-state index in [4.69, 9.17) is 9.05 Å². The van der Waals surface area contributed by atoms with Crippen molar-refractivity contribution in [2.75, 3.05) is 6.61 Å². The minimum atomic E-state index is -2.28. The van der Waals surface area contributed by atoms with Crippen LogP contribution >= 0.6 is 24.2 Å². The van der Waals surface area contributed by atoms with E-state index in [1.807, 2.05) is 24.3 Å². The van der Waals surface area contributed by atoms with Crippen LogP contribution in [0.2, 0.25) is 0 Å². The average molecular weight is 277 g/mol. The minimum Gasteiger partial charge on any atom is -0.311 e. The van der Waals surface area contributed by atoms with Crippen molar-refractivity contribution in [2.24, 2.45) is 0 Å². The Morgan fingerprint density at radius 2 is 2.21 bits per heavy atom. The van der Waals surface area contributed by atoms with E-state index in [9.17, 15) is 4.57 Å². The predicted molar refractivity (Wildman–Crippen MR) is 57.5 cm³/mol. The van der Waals surface area contributed by atoms with Crippen LogP contribution in [0.4, 0.5) is 0 Å². The molecule has 0 radical (unpaired) electrons. The molecule has 0 N–H and O–H groups in total. The van der Waals surface area contributed by atoms with Crippen LogP contribution in [0.1, 0.15) is 18.1 Å². The van der Waals surface area contributed by atoms with Gasteiger partial charge in [-0.25, -0.2) is 0 Å². The molecule has 76 valence electrons. The van der Waals surface area contributed by atoms with Crippen LogP contribution in [-0.2, 0) is 13.6 Å². The van der Waals surface area contributed by atoms with Crippen molar-refractivity contribution in [3.05, 3.63) is 34.3 Å². The Morgan fingerprint density at radius 3 is 2.93 bits per heavy atom. The van der Waals surface area contributed by atoms with Crippen molar-refractivity contribution >= 4 is 24.2 Å². The highest BCUT2D eigenvalue weighted by Gasteiger charge is 2.22. The zero-order chi connectivity index (χ0) is 9.97. The zero-order valence-electron chi connectivity index (χ0n) is 7.40. The predicted octanol–water partition coefficient (Wildman–Crippen LogP) is 3.32. The van der Waals surface area contributed by atoms with Gasteiger partial charge in [0.1, 0.15) is 0 Å². The third-order valence-corrected chi connectivity index (χ3v) is 3.73. The van der Waals surface area contributed by atoms with Crippen molar-refractivity contribution in [3.8, 4) is 0 Å². The van der Waals surface area contributed by atoms with Crippen LogP contribution < -0.4 is 0 Å². The fourth-order valence-corrected chi connectivity index (χ4v) is 2.78. The van der Waals surface area contributed by atoms with Gasteiger partial charge in [-0.05, 0) is 11.6 Å². The van der Waals surface area contributed by atoms with E-state index < -0.39 is 8.25 Å². The number of rotatable bonds is 1. The van der Waals surface area contributed by atoms with Crippen LogP contribution in [0.25, 0.3) is 0 Å². The average Bonchev–Trinajstić information content (AvgIpc) is 2.18. The first-order valence-corrected chi connectivity index (χ1v) is 6.37. The molecule has 1 aromatic carbocycles. The Balaban J connectivity index is 2.22. The first-order chi connectivity index (χ1) is 6.77. The van der Waals surface area contributed by atoms with E-state index in [0.29, 0.717) is 6.61 Å². The second-order valence-electron chi connectivity index (χ2n) is 3.02. The van der Waals surface area contributed by atoms with E-state index in [0.717, 1.165) is 16.5 Å². The van der Waals surface area contributed by atoms with Gasteiger partial charge in [-0.3, -0.25) is 4.57 Å². The molecule has 1 saturated heterocycles. The Labute approximate surface area is 91.5 Å². The highest BCUT2D eigenvalue weighted by Crippen LogP contribution is 2.41. The van der Waals surface area contributed by atoms with Crippen molar-refractivity contribution in [2.45, 2.75) is 12.5 Å². The minimum absolute atomic E-state index is 0.106. The topological polar surface area (TPSA) is 35.5 Å². The molecule has 5 heteroatoms. The molecule has 1 aliphatic rings. The van der Waals surface area contributed by atoms with Gasteiger partial charge in [-0.15, -0.1) is 0 Å². The molecule has 1 aromatic rings. The summed E-state index contributed by atoms with van der Waals surface area (Å²) in [5, 5.41) is 0. The second kappa shape index (κ2) is 4.58. The Hall–Kier alpha value is -0.150. The Kier molecular flexibility index (Phi) is 3.39. The largest absolute Gasteiger partial charge is 0.319 e. The van der Waals surface area contributed by atoms with Crippen molar-refractivity contribution in [3.63, 3.8) is 0 Å². The quantitative estimate of drug-likeness (QED) is 0.739. The standard InChI is InChI=1S/C9H10BrO3P/c10-8-4-2-1-3-7(8)9-5-6-12-14(11)13-9/h1-4,9,14H,5-6H2/t9-/m0/s1. The summed E-state index contributed by atoms with van der Waals surface area (Å²) in [5.74, 6) is 0. The molecule has 1 unspecified atom stereocenters. The van der Waals surface area contributed by atoms with E-state index in [2.05, 4.69) is 15.9 Å². The van der Waals surface area contributed by atoms with Gasteiger partial charge in [0.2, 0.25) is 0 Å². The van der Waals surface area contributed by atoms with Gasteiger partial charge in [0.15, 0.2) is 0 Å². The lowest BCUT2D eigenvalue weighted by atomic mass is 10.1. The van der Waals surface area contributed by atoms with Gasteiger partial charge in [0.25, 0.3) is 0 Å². The molecule has 1 fully saturated rings. The monoisotopic (exact) mass is 276 g/mol. The molecular weight excluding hydrogens is 267 g/mol. The fraction of sp³-hybridized carbons (Fsp3) is 0.333. The molecule has 1 aliphatic heterocycles. The van der Waals surface area contributed by atoms with Gasteiger partial charge >= 0.3 is 8.25 Å². The van der Waals surface area contributed by atoms with Crippen molar-refractivity contribution < 1.29 is 13.6 Å². The molecule has 0 amide bonds. The lowest BCUT2D eigenvalue weighted by molar-refractivity contribution is 0.0964. The first-order valence-electron chi connectivity index (χ1n) is 4.35. The molecule has 3 nitrogen and oxygen atoms in total. The number of hydrogen-bond acceptors (Lipinski definition) is 3. The van der Waals surface area contributed by atoms with Crippen LogP contribution in [0.15, 0.2) is 28.7 Å². The number of benzene rings is 1. The zero-order valence-corrected chi connectivity index (χ0v) is 9.99. The Morgan fingerprint density at radius 1 is 1.43 bits per heavy atom. The van der Waals surface area contributed by atoms with E-state index in [-0.39, 0.29) is 6.10 Å². The SMILES string of the molecule is O=[PH]1OCC[C@@H](c2ccccc2Br)O1. The molecule has 14 heavy (non-hydrogen) atoms. The molecule has 2 rings (SSSR count). The summed E-state index contributed by atoms with van der Waals surface area (Å²) in [4.78, 5) is 0. The van der Waals surface area contributed by atoms with Gasteiger partial charge in [-0.2, -0.15) is 0 Å². The Bertz CT molecular complexity index is 356. The summed E-state index contributed by atoms with van der Waals surface area (Å²) in [6.45, 7) is 0.504.